The highest BCUT2D eigenvalue weighted by Crippen LogP contribution is 2.40. The molecule has 2 aliphatic carbocycles. The second kappa shape index (κ2) is 9.42. The maximum atomic E-state index is 14.2. The van der Waals surface area contributed by atoms with Gasteiger partial charge in [0.05, 0.1) is 17.8 Å². The van der Waals surface area contributed by atoms with E-state index in [1.165, 1.54) is 13.8 Å². The van der Waals surface area contributed by atoms with E-state index in [0.29, 0.717) is 17.9 Å². The molecule has 1 atom stereocenters. The molecule has 192 valence electrons. The average molecular weight is 514 g/mol. The van der Waals surface area contributed by atoms with E-state index in [1.807, 2.05) is 24.6 Å². The summed E-state index contributed by atoms with van der Waals surface area (Å²) in [5, 5.41) is 18.9. The van der Waals surface area contributed by atoms with Crippen molar-refractivity contribution in [1.82, 2.24) is 29.9 Å². The van der Waals surface area contributed by atoms with E-state index in [2.05, 4.69) is 25.9 Å². The van der Waals surface area contributed by atoms with Gasteiger partial charge in [0, 0.05) is 41.2 Å². The standard InChI is InChI=1S/C25H32FN7O2S/c1-14-9-21(32(4)31-14)29-24-30-28-13-33(24)16-7-8-19-17(10-16)22(23(35)27-12-25(2,3)26)20(36-19)11-18(34)15-5-6-15/h9,13,15-16H,5-8,10-12H2,1-4H3,(H,27,35)(H,29,30). The maximum absolute atomic E-state index is 14.2. The van der Waals surface area contributed by atoms with E-state index in [1.54, 1.807) is 22.3 Å². The van der Waals surface area contributed by atoms with Gasteiger partial charge >= 0.3 is 0 Å². The summed E-state index contributed by atoms with van der Waals surface area (Å²) < 4.78 is 17.9. The van der Waals surface area contributed by atoms with Gasteiger partial charge in [-0.25, -0.2) is 4.39 Å². The first kappa shape index (κ1) is 24.6. The highest BCUT2D eigenvalue weighted by atomic mass is 32.1. The molecule has 36 heavy (non-hydrogen) atoms. The summed E-state index contributed by atoms with van der Waals surface area (Å²) in [6, 6.07) is 1.98. The monoisotopic (exact) mass is 513 g/mol. The fourth-order valence-electron chi connectivity index (χ4n) is 4.78. The molecular weight excluding hydrogens is 481 g/mol. The van der Waals surface area contributed by atoms with Gasteiger partial charge in [0.25, 0.3) is 5.91 Å². The average Bonchev–Trinajstić information content (AvgIpc) is 3.34. The van der Waals surface area contributed by atoms with Crippen molar-refractivity contribution in [3.05, 3.63) is 39.0 Å². The van der Waals surface area contributed by atoms with Crippen LogP contribution in [0.2, 0.25) is 0 Å². The van der Waals surface area contributed by atoms with Crippen molar-refractivity contribution < 1.29 is 14.0 Å². The molecule has 1 amide bonds. The van der Waals surface area contributed by atoms with Crippen LogP contribution in [0.5, 0.6) is 0 Å². The Labute approximate surface area is 213 Å². The number of aryl methyl sites for hydroxylation is 3. The zero-order valence-electron chi connectivity index (χ0n) is 21.1. The molecule has 1 unspecified atom stereocenters. The lowest BCUT2D eigenvalue weighted by Gasteiger charge is -2.25. The molecule has 2 N–H and O–H groups in total. The molecule has 3 aromatic rings. The number of hydrogen-bond acceptors (Lipinski definition) is 7. The lowest BCUT2D eigenvalue weighted by atomic mass is 9.89. The number of anilines is 2. The third kappa shape index (κ3) is 5.21. The molecule has 0 aliphatic heterocycles. The van der Waals surface area contributed by atoms with E-state index in [-0.39, 0.29) is 36.6 Å². The van der Waals surface area contributed by atoms with Gasteiger partial charge in [-0.15, -0.1) is 21.5 Å². The largest absolute Gasteiger partial charge is 0.349 e. The van der Waals surface area contributed by atoms with Gasteiger partial charge in [-0.05, 0) is 58.4 Å². The Morgan fingerprint density at radius 3 is 2.72 bits per heavy atom. The number of fused-ring (bicyclic) bond motifs is 1. The molecule has 5 rings (SSSR count). The number of halogens is 1. The van der Waals surface area contributed by atoms with Crippen LogP contribution in [0.25, 0.3) is 0 Å². The van der Waals surface area contributed by atoms with Crippen LogP contribution in [-0.4, -0.2) is 48.4 Å². The molecule has 3 heterocycles. The normalized spacial score (nSPS) is 17.6. The van der Waals surface area contributed by atoms with Crippen molar-refractivity contribution in [2.24, 2.45) is 13.0 Å². The minimum Gasteiger partial charge on any atom is -0.349 e. The Morgan fingerprint density at radius 2 is 2.06 bits per heavy atom. The minimum absolute atomic E-state index is 0.0371. The summed E-state index contributed by atoms with van der Waals surface area (Å²) in [7, 11) is 1.86. The molecule has 3 aromatic heterocycles. The fourth-order valence-corrected chi connectivity index (χ4v) is 6.13. The Balaban J connectivity index is 1.42. The topological polar surface area (TPSA) is 107 Å². The molecule has 0 bridgehead atoms. The lowest BCUT2D eigenvalue weighted by molar-refractivity contribution is -0.119. The summed E-state index contributed by atoms with van der Waals surface area (Å²) in [5.41, 5.74) is 0.890. The summed E-state index contributed by atoms with van der Waals surface area (Å²) in [5.74, 6) is 1.44. The number of hydrogen-bond donors (Lipinski definition) is 2. The predicted octanol–water partition coefficient (Wildman–Crippen LogP) is 3.85. The molecule has 9 nitrogen and oxygen atoms in total. The van der Waals surface area contributed by atoms with Crippen LogP contribution in [0.3, 0.4) is 0 Å². The smallest absolute Gasteiger partial charge is 0.252 e. The molecule has 0 saturated heterocycles. The predicted molar refractivity (Wildman–Crippen MR) is 136 cm³/mol. The number of nitrogens with one attached hydrogen (secondary N) is 2. The van der Waals surface area contributed by atoms with Gasteiger partial charge in [0.1, 0.15) is 23.6 Å². The van der Waals surface area contributed by atoms with Crippen molar-refractivity contribution in [1.29, 1.82) is 0 Å². The Kier molecular flexibility index (Phi) is 6.44. The zero-order valence-corrected chi connectivity index (χ0v) is 21.9. The van der Waals surface area contributed by atoms with Crippen molar-refractivity contribution >= 4 is 34.8 Å². The first-order chi connectivity index (χ1) is 17.1. The van der Waals surface area contributed by atoms with Crippen molar-refractivity contribution in [3.8, 4) is 0 Å². The Morgan fingerprint density at radius 1 is 1.28 bits per heavy atom. The van der Waals surface area contributed by atoms with Crippen LogP contribution in [0.4, 0.5) is 16.2 Å². The Hall–Kier alpha value is -3.08. The molecule has 2 aliphatic rings. The molecule has 1 fully saturated rings. The fraction of sp³-hybridized carbons (Fsp3) is 0.560. The van der Waals surface area contributed by atoms with Crippen LogP contribution in [0, 0.1) is 12.8 Å². The molecule has 0 radical (unpaired) electrons. The van der Waals surface area contributed by atoms with Crippen LogP contribution >= 0.6 is 11.3 Å². The highest BCUT2D eigenvalue weighted by Gasteiger charge is 2.35. The van der Waals surface area contributed by atoms with E-state index >= 15 is 0 Å². The number of ketones is 1. The zero-order chi connectivity index (χ0) is 25.6. The van der Waals surface area contributed by atoms with Gasteiger partial charge in [-0.1, -0.05) is 0 Å². The Bertz CT molecular complexity index is 1300. The summed E-state index contributed by atoms with van der Waals surface area (Å²) in [4.78, 5) is 27.9. The highest BCUT2D eigenvalue weighted by molar-refractivity contribution is 7.12. The number of carbonyl (C=O) groups is 2. The summed E-state index contributed by atoms with van der Waals surface area (Å²) >= 11 is 1.56. The summed E-state index contributed by atoms with van der Waals surface area (Å²) in [6.07, 6.45) is 6.11. The number of carbonyl (C=O) groups excluding carboxylic acids is 2. The number of thiophene rings is 1. The van der Waals surface area contributed by atoms with Gasteiger partial charge in [-0.2, -0.15) is 5.10 Å². The number of Topliss-reactive ketones (excluding diaryl/α,β-unsaturated/α-hetero) is 1. The first-order valence-corrected chi connectivity index (χ1v) is 13.2. The third-order valence-corrected chi connectivity index (χ3v) is 8.07. The first-order valence-electron chi connectivity index (χ1n) is 12.4. The minimum atomic E-state index is -1.52. The third-order valence-electron chi connectivity index (χ3n) is 6.78. The molecule has 11 heteroatoms. The van der Waals surface area contributed by atoms with Gasteiger partial charge < -0.3 is 10.6 Å². The number of rotatable bonds is 9. The van der Waals surface area contributed by atoms with Crippen molar-refractivity contribution in [3.63, 3.8) is 0 Å². The second-order valence-electron chi connectivity index (χ2n) is 10.5. The van der Waals surface area contributed by atoms with Gasteiger partial charge in [0.15, 0.2) is 0 Å². The van der Waals surface area contributed by atoms with E-state index in [0.717, 1.165) is 52.5 Å². The second-order valence-corrected chi connectivity index (χ2v) is 11.7. The number of aromatic nitrogens is 5. The van der Waals surface area contributed by atoms with Crippen LogP contribution < -0.4 is 10.6 Å². The van der Waals surface area contributed by atoms with Crippen molar-refractivity contribution in [2.75, 3.05) is 11.9 Å². The van der Waals surface area contributed by atoms with Crippen molar-refractivity contribution in [2.45, 2.75) is 71.0 Å². The van der Waals surface area contributed by atoms with Crippen LogP contribution in [0.15, 0.2) is 12.4 Å². The van der Waals surface area contributed by atoms with Gasteiger partial charge in [0.2, 0.25) is 5.95 Å². The number of amides is 1. The maximum Gasteiger partial charge on any atom is 0.252 e. The summed E-state index contributed by atoms with van der Waals surface area (Å²) in [6.45, 7) is 4.72. The molecular formula is C25H32FN7O2S. The molecule has 1 saturated carbocycles. The molecule has 0 aromatic carbocycles. The van der Waals surface area contributed by atoms with E-state index in [4.69, 9.17) is 0 Å². The van der Waals surface area contributed by atoms with E-state index in [9.17, 15) is 14.0 Å². The lowest BCUT2D eigenvalue weighted by Crippen LogP contribution is -2.36. The quantitative estimate of drug-likeness (QED) is 0.450. The number of alkyl halides is 1. The van der Waals surface area contributed by atoms with E-state index < -0.39 is 5.67 Å². The van der Waals surface area contributed by atoms with Gasteiger partial charge in [-0.3, -0.25) is 18.8 Å². The number of nitrogens with zero attached hydrogens (tertiary/aromatic N) is 5. The van der Waals surface area contributed by atoms with Crippen LogP contribution in [-0.2, 0) is 31.1 Å². The SMILES string of the molecule is Cc1cc(Nc2nncn2C2CCc3sc(CC(=O)C4CC4)c(C(=O)NCC(C)(C)F)c3C2)n(C)n1. The van der Waals surface area contributed by atoms with Crippen LogP contribution in [0.1, 0.15) is 70.5 Å². The molecule has 0 spiro atoms.